The van der Waals surface area contributed by atoms with Gasteiger partial charge in [0.2, 0.25) is 11.8 Å². The number of hydrogen-bond donors (Lipinski definition) is 2. The molecule has 4 heteroatoms. The predicted molar refractivity (Wildman–Crippen MR) is 179 cm³/mol. The highest BCUT2D eigenvalue weighted by molar-refractivity contribution is 5.73. The van der Waals surface area contributed by atoms with Gasteiger partial charge >= 0.3 is 0 Å². The van der Waals surface area contributed by atoms with Crippen LogP contribution < -0.4 is 11.5 Å². The second-order valence-corrected chi connectivity index (χ2v) is 11.1. The number of carbonyl (C=O) groups excluding carboxylic acids is 2. The molecule has 41 heavy (non-hydrogen) atoms. The molecule has 0 radical (unpaired) electrons. The van der Waals surface area contributed by atoms with E-state index in [1.807, 2.05) is 0 Å². The lowest BCUT2D eigenvalue weighted by atomic mass is 10.1. The number of carbonyl (C=O) groups is 2. The molecule has 0 aliphatic rings. The smallest absolute Gasteiger partial charge is 0.217 e. The third-order valence-corrected chi connectivity index (χ3v) is 7.04. The topological polar surface area (TPSA) is 86.2 Å². The largest absolute Gasteiger partial charge is 0.370 e. The fraction of sp³-hybridized carbons (Fsp3) is 0.622. The SMILES string of the molecule is NC(=O)CCCCCCCC=CC=CC=CCCCCCCCCCC=CC=CC=CCCCCCCCC(N)=O. The second kappa shape index (κ2) is 33.6. The lowest BCUT2D eigenvalue weighted by molar-refractivity contribution is -0.119. The first kappa shape index (κ1) is 38.4. The van der Waals surface area contributed by atoms with Gasteiger partial charge in [0.1, 0.15) is 0 Å². The summed E-state index contributed by atoms with van der Waals surface area (Å²) in [6, 6.07) is 0. The van der Waals surface area contributed by atoms with Crippen molar-refractivity contribution in [3.63, 3.8) is 0 Å². The van der Waals surface area contributed by atoms with Crippen LogP contribution in [0.3, 0.4) is 0 Å². The molecule has 0 saturated carbocycles. The molecule has 0 aromatic rings. The zero-order chi connectivity index (χ0) is 29.9. The fourth-order valence-electron chi connectivity index (χ4n) is 4.55. The van der Waals surface area contributed by atoms with E-state index in [4.69, 9.17) is 11.5 Å². The number of allylic oxidation sites excluding steroid dienone is 12. The molecule has 0 bridgehead atoms. The Morgan fingerprint density at radius 1 is 0.317 bits per heavy atom. The molecule has 0 rings (SSSR count). The predicted octanol–water partition coefficient (Wildman–Crippen LogP) is 10.3. The molecular formula is C37H62N2O2. The van der Waals surface area contributed by atoms with Crippen LogP contribution in [0.4, 0.5) is 0 Å². The molecule has 0 aliphatic carbocycles. The van der Waals surface area contributed by atoms with E-state index in [-0.39, 0.29) is 11.8 Å². The number of nitrogens with two attached hydrogens (primary N) is 2. The van der Waals surface area contributed by atoms with Gasteiger partial charge in [-0.15, -0.1) is 0 Å². The normalized spacial score (nSPS) is 12.5. The molecule has 0 saturated heterocycles. The van der Waals surface area contributed by atoms with Gasteiger partial charge in [0.15, 0.2) is 0 Å². The fourth-order valence-corrected chi connectivity index (χ4v) is 4.55. The Hall–Kier alpha value is -2.62. The van der Waals surface area contributed by atoms with E-state index >= 15 is 0 Å². The summed E-state index contributed by atoms with van der Waals surface area (Å²) in [7, 11) is 0. The maximum atomic E-state index is 10.7. The van der Waals surface area contributed by atoms with E-state index in [0.717, 1.165) is 38.5 Å². The van der Waals surface area contributed by atoms with Gasteiger partial charge in [-0.3, -0.25) is 9.59 Å². The maximum Gasteiger partial charge on any atom is 0.217 e. The minimum Gasteiger partial charge on any atom is -0.370 e. The zero-order valence-corrected chi connectivity index (χ0v) is 26.2. The van der Waals surface area contributed by atoms with Crippen molar-refractivity contribution >= 4 is 11.8 Å². The molecule has 0 atom stereocenters. The quantitative estimate of drug-likeness (QED) is 0.0669. The number of amides is 2. The van der Waals surface area contributed by atoms with Crippen molar-refractivity contribution in [2.45, 2.75) is 148 Å². The molecule has 0 unspecified atom stereocenters. The Morgan fingerprint density at radius 3 is 0.780 bits per heavy atom. The Bertz CT molecular complexity index is 710. The molecule has 4 nitrogen and oxygen atoms in total. The number of unbranched alkanes of at least 4 members (excludes halogenated alkanes) is 18. The van der Waals surface area contributed by atoms with Crippen molar-refractivity contribution < 1.29 is 9.59 Å². The van der Waals surface area contributed by atoms with E-state index < -0.39 is 0 Å². The summed E-state index contributed by atoms with van der Waals surface area (Å²) in [6.07, 6.45) is 52.6. The summed E-state index contributed by atoms with van der Waals surface area (Å²) in [6.45, 7) is 0. The van der Waals surface area contributed by atoms with Crippen LogP contribution in [0.1, 0.15) is 148 Å². The minimum atomic E-state index is -0.181. The molecule has 0 aliphatic heterocycles. The van der Waals surface area contributed by atoms with E-state index in [2.05, 4.69) is 72.9 Å². The Balaban J connectivity index is 3.37. The van der Waals surface area contributed by atoms with Crippen LogP contribution in [0.25, 0.3) is 0 Å². The van der Waals surface area contributed by atoms with Crippen LogP contribution in [0.15, 0.2) is 72.9 Å². The Kier molecular flexibility index (Phi) is 31.4. The summed E-state index contributed by atoms with van der Waals surface area (Å²) < 4.78 is 0. The average molecular weight is 567 g/mol. The lowest BCUT2D eigenvalue weighted by Crippen LogP contribution is -2.09. The molecule has 0 aromatic heterocycles. The van der Waals surface area contributed by atoms with Crippen molar-refractivity contribution in [2.24, 2.45) is 11.5 Å². The Labute approximate surface area is 253 Å². The molecule has 2 amide bonds. The van der Waals surface area contributed by atoms with E-state index in [9.17, 15) is 9.59 Å². The maximum absolute atomic E-state index is 10.7. The third kappa shape index (κ3) is 37.4. The molecule has 0 heterocycles. The monoisotopic (exact) mass is 566 g/mol. The van der Waals surface area contributed by atoms with Crippen LogP contribution in [-0.4, -0.2) is 11.8 Å². The molecular weight excluding hydrogens is 504 g/mol. The van der Waals surface area contributed by atoms with Crippen LogP contribution in [0, 0.1) is 0 Å². The summed E-state index contributed by atoms with van der Waals surface area (Å²) >= 11 is 0. The first-order valence-corrected chi connectivity index (χ1v) is 16.7. The zero-order valence-electron chi connectivity index (χ0n) is 26.2. The van der Waals surface area contributed by atoms with Crippen molar-refractivity contribution in [2.75, 3.05) is 0 Å². The first-order chi connectivity index (χ1) is 20.1. The van der Waals surface area contributed by atoms with E-state index in [1.165, 1.54) is 96.3 Å². The molecule has 0 aromatic carbocycles. The van der Waals surface area contributed by atoms with Gasteiger partial charge in [-0.05, 0) is 64.2 Å². The summed E-state index contributed by atoms with van der Waals surface area (Å²) in [5.74, 6) is -0.362. The molecule has 232 valence electrons. The second-order valence-electron chi connectivity index (χ2n) is 11.1. The highest BCUT2D eigenvalue weighted by Crippen LogP contribution is 2.11. The van der Waals surface area contributed by atoms with Crippen LogP contribution in [-0.2, 0) is 9.59 Å². The van der Waals surface area contributed by atoms with Gasteiger partial charge in [0, 0.05) is 12.8 Å². The van der Waals surface area contributed by atoms with Crippen molar-refractivity contribution in [3.05, 3.63) is 72.9 Å². The van der Waals surface area contributed by atoms with E-state index in [1.54, 1.807) is 0 Å². The van der Waals surface area contributed by atoms with Crippen LogP contribution in [0.5, 0.6) is 0 Å². The van der Waals surface area contributed by atoms with Crippen molar-refractivity contribution in [1.29, 1.82) is 0 Å². The first-order valence-electron chi connectivity index (χ1n) is 16.7. The highest BCUT2D eigenvalue weighted by atomic mass is 16.1. The van der Waals surface area contributed by atoms with Crippen LogP contribution >= 0.6 is 0 Å². The standard InChI is InChI=1S/C37H62N2O2/c38-36(40)34-32-30-28-26-24-22-20-18-16-14-12-10-8-6-4-2-1-3-5-7-9-11-13-15-17-19-21-23-25-27-29-31-33-35-37(39)41/h10-21H,1-9,22-35H2,(H2,38,40)(H2,39,41). The van der Waals surface area contributed by atoms with Gasteiger partial charge in [0.25, 0.3) is 0 Å². The van der Waals surface area contributed by atoms with Crippen molar-refractivity contribution in [1.82, 2.24) is 0 Å². The summed E-state index contributed by atoms with van der Waals surface area (Å²) in [5, 5.41) is 0. The van der Waals surface area contributed by atoms with Gasteiger partial charge in [0.05, 0.1) is 0 Å². The van der Waals surface area contributed by atoms with Crippen LogP contribution in [0.2, 0.25) is 0 Å². The highest BCUT2D eigenvalue weighted by Gasteiger charge is 1.95. The summed E-state index contributed by atoms with van der Waals surface area (Å²) in [5.41, 5.74) is 10.3. The molecule has 0 fully saturated rings. The molecule has 0 spiro atoms. The van der Waals surface area contributed by atoms with Gasteiger partial charge in [-0.2, -0.15) is 0 Å². The van der Waals surface area contributed by atoms with Gasteiger partial charge in [-0.25, -0.2) is 0 Å². The minimum absolute atomic E-state index is 0.181. The van der Waals surface area contributed by atoms with E-state index in [0.29, 0.717) is 12.8 Å². The van der Waals surface area contributed by atoms with Gasteiger partial charge < -0.3 is 11.5 Å². The molecule has 4 N–H and O–H groups in total. The summed E-state index contributed by atoms with van der Waals surface area (Å²) in [4.78, 5) is 21.3. The average Bonchev–Trinajstić information content (AvgIpc) is 2.94. The lowest BCUT2D eigenvalue weighted by Gasteiger charge is -2.00. The number of rotatable bonds is 30. The number of hydrogen-bond acceptors (Lipinski definition) is 2. The number of primary amides is 2. The third-order valence-electron chi connectivity index (χ3n) is 7.04. The Morgan fingerprint density at radius 2 is 0.537 bits per heavy atom. The van der Waals surface area contributed by atoms with Gasteiger partial charge in [-0.1, -0.05) is 144 Å². The van der Waals surface area contributed by atoms with Crippen molar-refractivity contribution in [3.8, 4) is 0 Å².